The van der Waals surface area contributed by atoms with Crippen molar-refractivity contribution in [3.63, 3.8) is 0 Å². The maximum Gasteiger partial charge on any atom is 0.250 e. The number of rotatable bonds is 2. The fourth-order valence-corrected chi connectivity index (χ4v) is 2.36. The lowest BCUT2D eigenvalue weighted by Crippen LogP contribution is -2.06. The van der Waals surface area contributed by atoms with Crippen LogP contribution in [-0.2, 0) is 0 Å². The van der Waals surface area contributed by atoms with E-state index in [-0.39, 0.29) is 5.56 Å². The van der Waals surface area contributed by atoms with Gasteiger partial charge in [0.25, 0.3) is 0 Å². The third-order valence-corrected chi connectivity index (χ3v) is 3.30. The predicted octanol–water partition coefficient (Wildman–Crippen LogP) is 3.89. The lowest BCUT2D eigenvalue weighted by Gasteiger charge is -2.10. The fraction of sp³-hybridized carbons (Fsp3) is 0.118. The highest BCUT2D eigenvalue weighted by Crippen LogP contribution is 2.24. The van der Waals surface area contributed by atoms with Gasteiger partial charge in [-0.25, -0.2) is 0 Å². The zero-order chi connectivity index (χ0) is 14.1. The van der Waals surface area contributed by atoms with Crippen molar-refractivity contribution in [1.82, 2.24) is 4.98 Å². The summed E-state index contributed by atoms with van der Waals surface area (Å²) in [7, 11) is 0. The maximum absolute atomic E-state index is 11.8. The number of aromatic nitrogens is 1. The first kappa shape index (κ1) is 12.5. The van der Waals surface area contributed by atoms with Crippen LogP contribution in [0.2, 0.25) is 0 Å². The monoisotopic (exact) mass is 264 g/mol. The molecule has 0 aliphatic carbocycles. The second-order valence-electron chi connectivity index (χ2n) is 5.09. The van der Waals surface area contributed by atoms with Crippen LogP contribution in [0.3, 0.4) is 0 Å². The van der Waals surface area contributed by atoms with E-state index in [1.807, 2.05) is 50.2 Å². The van der Waals surface area contributed by atoms with Gasteiger partial charge in [0.2, 0.25) is 5.56 Å². The van der Waals surface area contributed by atoms with Crippen LogP contribution in [0.4, 0.5) is 11.4 Å². The van der Waals surface area contributed by atoms with Gasteiger partial charge in [-0.05, 0) is 43.2 Å². The smallest absolute Gasteiger partial charge is 0.250 e. The molecule has 0 aliphatic rings. The highest BCUT2D eigenvalue weighted by atomic mass is 16.1. The molecule has 0 amide bonds. The number of hydrogen-bond acceptors (Lipinski definition) is 2. The molecule has 0 spiro atoms. The molecule has 3 rings (SSSR count). The van der Waals surface area contributed by atoms with Crippen molar-refractivity contribution in [2.24, 2.45) is 0 Å². The van der Waals surface area contributed by atoms with Gasteiger partial charge in [-0.3, -0.25) is 4.79 Å². The van der Waals surface area contributed by atoms with Crippen molar-refractivity contribution in [2.45, 2.75) is 13.8 Å². The molecule has 0 radical (unpaired) electrons. The van der Waals surface area contributed by atoms with E-state index in [2.05, 4.69) is 16.4 Å². The highest BCUT2D eigenvalue weighted by molar-refractivity contribution is 5.93. The summed E-state index contributed by atoms with van der Waals surface area (Å²) < 4.78 is 0. The molecule has 0 aliphatic heterocycles. The van der Waals surface area contributed by atoms with Crippen LogP contribution in [0.5, 0.6) is 0 Å². The van der Waals surface area contributed by atoms with E-state index < -0.39 is 0 Å². The molecule has 0 saturated carbocycles. The van der Waals surface area contributed by atoms with Gasteiger partial charge in [0.05, 0.1) is 11.2 Å². The lowest BCUT2D eigenvalue weighted by atomic mass is 10.1. The first-order valence-corrected chi connectivity index (χ1v) is 6.59. The second-order valence-corrected chi connectivity index (χ2v) is 5.09. The van der Waals surface area contributed by atoms with Crippen LogP contribution in [0.1, 0.15) is 11.1 Å². The Hall–Kier alpha value is -2.55. The van der Waals surface area contributed by atoms with E-state index >= 15 is 0 Å². The average molecular weight is 264 g/mol. The number of fused-ring (bicyclic) bond motifs is 1. The van der Waals surface area contributed by atoms with E-state index in [1.54, 1.807) is 6.07 Å². The van der Waals surface area contributed by atoms with Crippen molar-refractivity contribution in [3.05, 3.63) is 70.0 Å². The molecule has 0 unspecified atom stereocenters. The van der Waals surface area contributed by atoms with Crippen molar-refractivity contribution in [3.8, 4) is 0 Å². The summed E-state index contributed by atoms with van der Waals surface area (Å²) in [6.45, 7) is 4.06. The molecule has 0 saturated heterocycles. The minimum absolute atomic E-state index is 0.0988. The van der Waals surface area contributed by atoms with Gasteiger partial charge in [-0.15, -0.1) is 0 Å². The first-order valence-electron chi connectivity index (χ1n) is 6.59. The Labute approximate surface area is 117 Å². The van der Waals surface area contributed by atoms with Gasteiger partial charge in [-0.2, -0.15) is 0 Å². The number of benzene rings is 2. The van der Waals surface area contributed by atoms with E-state index in [4.69, 9.17) is 0 Å². The number of aryl methyl sites for hydroxylation is 2. The summed E-state index contributed by atoms with van der Waals surface area (Å²) in [6, 6.07) is 15.7. The zero-order valence-electron chi connectivity index (χ0n) is 11.5. The Morgan fingerprint density at radius 3 is 2.55 bits per heavy atom. The van der Waals surface area contributed by atoms with Gasteiger partial charge in [0.15, 0.2) is 0 Å². The summed E-state index contributed by atoms with van der Waals surface area (Å²) in [6.07, 6.45) is 0. The van der Waals surface area contributed by atoms with Crippen molar-refractivity contribution in [2.75, 3.05) is 5.32 Å². The predicted molar refractivity (Wildman–Crippen MR) is 83.8 cm³/mol. The summed E-state index contributed by atoms with van der Waals surface area (Å²) >= 11 is 0. The standard InChI is InChI=1S/C17H16N2O/c1-11-4-3-5-13(8-11)18-16-10-17(20)19-15-9-12(2)6-7-14(15)16/h3-10H,1-2H3,(H2,18,19,20). The van der Waals surface area contributed by atoms with E-state index in [0.717, 1.165) is 27.8 Å². The molecule has 20 heavy (non-hydrogen) atoms. The van der Waals surface area contributed by atoms with Gasteiger partial charge in [0, 0.05) is 17.1 Å². The van der Waals surface area contributed by atoms with Crippen LogP contribution in [0.15, 0.2) is 53.3 Å². The second kappa shape index (κ2) is 4.85. The van der Waals surface area contributed by atoms with E-state index in [9.17, 15) is 4.79 Å². The number of hydrogen-bond donors (Lipinski definition) is 2. The van der Waals surface area contributed by atoms with Crippen LogP contribution in [0, 0.1) is 13.8 Å². The Bertz CT molecular complexity index is 834. The fourth-order valence-electron chi connectivity index (χ4n) is 2.36. The summed E-state index contributed by atoms with van der Waals surface area (Å²) in [5, 5.41) is 4.34. The molecule has 100 valence electrons. The largest absolute Gasteiger partial charge is 0.355 e. The minimum Gasteiger partial charge on any atom is -0.355 e. The van der Waals surface area contributed by atoms with E-state index in [1.165, 1.54) is 5.56 Å². The molecule has 1 aromatic heterocycles. The molecule has 3 aromatic rings. The molecule has 0 fully saturated rings. The molecule has 2 N–H and O–H groups in total. The minimum atomic E-state index is -0.0988. The Morgan fingerprint density at radius 2 is 1.75 bits per heavy atom. The van der Waals surface area contributed by atoms with Crippen LogP contribution < -0.4 is 10.9 Å². The average Bonchev–Trinajstić information content (AvgIpc) is 2.37. The zero-order valence-corrected chi connectivity index (χ0v) is 11.5. The molecule has 3 nitrogen and oxygen atoms in total. The molecule has 2 aromatic carbocycles. The summed E-state index contributed by atoms with van der Waals surface area (Å²) in [5.74, 6) is 0. The quantitative estimate of drug-likeness (QED) is 0.737. The lowest BCUT2D eigenvalue weighted by molar-refractivity contribution is 1.29. The van der Waals surface area contributed by atoms with Crippen LogP contribution in [0.25, 0.3) is 10.9 Å². The molecule has 0 atom stereocenters. The molecular formula is C17H16N2O. The highest BCUT2D eigenvalue weighted by Gasteiger charge is 2.04. The molecular weight excluding hydrogens is 248 g/mol. The number of anilines is 2. The number of pyridine rings is 1. The van der Waals surface area contributed by atoms with Crippen molar-refractivity contribution in [1.29, 1.82) is 0 Å². The van der Waals surface area contributed by atoms with Crippen molar-refractivity contribution >= 4 is 22.3 Å². The Kier molecular flexibility index (Phi) is 3.03. The van der Waals surface area contributed by atoms with Gasteiger partial charge < -0.3 is 10.3 Å². The SMILES string of the molecule is Cc1cccc(Nc2cc(=O)[nH]c3cc(C)ccc23)c1. The third-order valence-electron chi connectivity index (χ3n) is 3.30. The number of H-pyrrole nitrogens is 1. The van der Waals surface area contributed by atoms with Crippen LogP contribution in [-0.4, -0.2) is 4.98 Å². The Morgan fingerprint density at radius 1 is 0.950 bits per heavy atom. The number of nitrogens with one attached hydrogen (secondary N) is 2. The van der Waals surface area contributed by atoms with Gasteiger partial charge in [-0.1, -0.05) is 24.3 Å². The van der Waals surface area contributed by atoms with E-state index in [0.29, 0.717) is 0 Å². The molecule has 1 heterocycles. The first-order chi connectivity index (χ1) is 9.61. The maximum atomic E-state index is 11.8. The summed E-state index contributed by atoms with van der Waals surface area (Å²) in [5.41, 5.74) is 4.87. The van der Waals surface area contributed by atoms with Gasteiger partial charge in [0.1, 0.15) is 0 Å². The normalized spacial score (nSPS) is 10.7. The third kappa shape index (κ3) is 2.43. The van der Waals surface area contributed by atoms with Crippen LogP contribution >= 0.6 is 0 Å². The topological polar surface area (TPSA) is 44.9 Å². The summed E-state index contributed by atoms with van der Waals surface area (Å²) in [4.78, 5) is 14.6. The van der Waals surface area contributed by atoms with Gasteiger partial charge >= 0.3 is 0 Å². The molecule has 3 heteroatoms. The van der Waals surface area contributed by atoms with Crippen molar-refractivity contribution < 1.29 is 0 Å². The molecule has 0 bridgehead atoms. The number of aromatic amines is 1. The Balaban J connectivity index is 2.13.